The third kappa shape index (κ3) is 4.01. The largest absolute Gasteiger partial charge is 0.497 e. The van der Waals surface area contributed by atoms with E-state index in [-0.39, 0.29) is 5.54 Å². The molecule has 0 N–H and O–H groups in total. The first-order chi connectivity index (χ1) is 13.7. The summed E-state index contributed by atoms with van der Waals surface area (Å²) >= 11 is 0. The average molecular weight is 414 g/mol. The lowest BCUT2D eigenvalue weighted by molar-refractivity contribution is 0.0934. The molecule has 0 bridgehead atoms. The zero-order chi connectivity index (χ0) is 20.8. The molecule has 3 aliphatic rings. The average Bonchev–Trinajstić information content (AvgIpc) is 3.09. The Labute approximate surface area is 180 Å². The topological polar surface area (TPSA) is 12.5 Å². The van der Waals surface area contributed by atoms with Crippen molar-refractivity contribution in [3.05, 3.63) is 24.3 Å². The third-order valence-corrected chi connectivity index (χ3v) is 13.3. The minimum absolute atomic E-state index is 0.143. The maximum atomic E-state index is 5.43. The van der Waals surface area contributed by atoms with Crippen molar-refractivity contribution in [2.45, 2.75) is 96.3 Å². The molecule has 0 amide bonds. The van der Waals surface area contributed by atoms with Crippen LogP contribution in [0.1, 0.15) is 72.1 Å². The van der Waals surface area contributed by atoms with Crippen LogP contribution in [0.5, 0.6) is 5.75 Å². The van der Waals surface area contributed by atoms with Gasteiger partial charge in [0.2, 0.25) is 0 Å². The fourth-order valence-electron chi connectivity index (χ4n) is 7.80. The number of ether oxygens (including phenoxy) is 1. The van der Waals surface area contributed by atoms with E-state index in [1.54, 1.807) is 13.5 Å². The van der Waals surface area contributed by atoms with Crippen molar-refractivity contribution in [1.82, 2.24) is 0 Å². The molecule has 0 radical (unpaired) electrons. The summed E-state index contributed by atoms with van der Waals surface area (Å²) in [6, 6.07) is 8.87. The van der Waals surface area contributed by atoms with Gasteiger partial charge < -0.3 is 9.30 Å². The molecule has 0 saturated heterocycles. The van der Waals surface area contributed by atoms with Crippen LogP contribution in [0.4, 0.5) is 5.69 Å². The smallest absolute Gasteiger partial charge is 0.154 e. The molecule has 1 aromatic carbocycles. The third-order valence-electron chi connectivity index (χ3n) is 8.70. The fourth-order valence-corrected chi connectivity index (χ4v) is 13.0. The molecule has 4 rings (SSSR count). The molecule has 0 aliphatic heterocycles. The zero-order valence-corrected chi connectivity index (χ0v) is 20.7. The summed E-state index contributed by atoms with van der Waals surface area (Å²) in [5, 5.41) is 0. The Kier molecular flexibility index (Phi) is 5.83. The van der Waals surface area contributed by atoms with Gasteiger partial charge >= 0.3 is 0 Å². The van der Waals surface area contributed by atoms with Crippen LogP contribution in [-0.2, 0) is 0 Å². The fraction of sp³-hybridized carbons (Fsp3) is 0.769. The maximum Gasteiger partial charge on any atom is 0.154 e. The van der Waals surface area contributed by atoms with Crippen LogP contribution in [0.25, 0.3) is 0 Å². The number of anilines is 1. The van der Waals surface area contributed by atoms with Crippen LogP contribution in [0.3, 0.4) is 0 Å². The van der Waals surface area contributed by atoms with Gasteiger partial charge in [-0.2, -0.15) is 0 Å². The zero-order valence-electron chi connectivity index (χ0n) is 19.7. The van der Waals surface area contributed by atoms with E-state index in [9.17, 15) is 0 Å². The van der Waals surface area contributed by atoms with Crippen molar-refractivity contribution in [3.8, 4) is 5.75 Å². The molecule has 3 aliphatic carbocycles. The SMILES string of the molecule is COc1ccc(N(C(C)(C)C)[Si](C)(C)C2CCC3CC4CCCCC4CC32)cc1. The monoisotopic (exact) mass is 413 g/mol. The van der Waals surface area contributed by atoms with E-state index in [0.29, 0.717) is 0 Å². The van der Waals surface area contributed by atoms with E-state index in [1.807, 2.05) is 0 Å². The quantitative estimate of drug-likeness (QED) is 0.474. The molecule has 5 unspecified atom stereocenters. The highest BCUT2D eigenvalue weighted by atomic mass is 28.3. The molecular weight excluding hydrogens is 370 g/mol. The standard InChI is InChI=1S/C26H43NOSi/c1-26(2,3)27(22-12-14-23(28-4)15-13-22)29(5,6)25-16-11-21-17-19-9-7-8-10-20(19)18-24(21)25/h12-15,19-21,24-25H,7-11,16-18H2,1-6H3. The minimum Gasteiger partial charge on any atom is -0.497 e. The van der Waals surface area contributed by atoms with Gasteiger partial charge in [0.05, 0.1) is 7.11 Å². The summed E-state index contributed by atoms with van der Waals surface area (Å²) in [5.74, 6) is 5.06. The Balaban J connectivity index is 1.62. The summed E-state index contributed by atoms with van der Waals surface area (Å²) in [4.78, 5) is 0. The molecule has 2 nitrogen and oxygen atoms in total. The van der Waals surface area contributed by atoms with E-state index < -0.39 is 8.24 Å². The van der Waals surface area contributed by atoms with Crippen LogP contribution in [-0.4, -0.2) is 20.9 Å². The second-order valence-corrected chi connectivity index (χ2v) is 16.2. The van der Waals surface area contributed by atoms with Crippen molar-refractivity contribution in [1.29, 1.82) is 0 Å². The van der Waals surface area contributed by atoms with Gasteiger partial charge in [0.1, 0.15) is 5.75 Å². The van der Waals surface area contributed by atoms with Crippen molar-refractivity contribution >= 4 is 13.9 Å². The molecule has 1 aromatic rings. The predicted molar refractivity (Wildman–Crippen MR) is 127 cm³/mol. The highest BCUT2D eigenvalue weighted by Crippen LogP contribution is 2.59. The summed E-state index contributed by atoms with van der Waals surface area (Å²) in [6.07, 6.45) is 12.1. The lowest BCUT2D eigenvalue weighted by atomic mass is 9.64. The van der Waals surface area contributed by atoms with E-state index in [2.05, 4.69) is 62.7 Å². The highest BCUT2D eigenvalue weighted by molar-refractivity contribution is 6.82. The van der Waals surface area contributed by atoms with Crippen molar-refractivity contribution in [3.63, 3.8) is 0 Å². The number of hydrogen-bond donors (Lipinski definition) is 0. The van der Waals surface area contributed by atoms with Crippen LogP contribution < -0.4 is 9.30 Å². The number of benzene rings is 1. The van der Waals surface area contributed by atoms with Gasteiger partial charge in [0.25, 0.3) is 0 Å². The van der Waals surface area contributed by atoms with Gasteiger partial charge in [-0.1, -0.05) is 51.6 Å². The van der Waals surface area contributed by atoms with Crippen LogP contribution in [0, 0.1) is 23.7 Å². The number of fused-ring (bicyclic) bond motifs is 2. The predicted octanol–water partition coefficient (Wildman–Crippen LogP) is 7.50. The number of hydrogen-bond acceptors (Lipinski definition) is 2. The molecule has 3 heteroatoms. The van der Waals surface area contributed by atoms with Crippen molar-refractivity contribution < 1.29 is 4.74 Å². The summed E-state index contributed by atoms with van der Waals surface area (Å²) in [6.45, 7) is 12.6. The number of nitrogens with zero attached hydrogens (tertiary/aromatic N) is 1. The molecule has 29 heavy (non-hydrogen) atoms. The Morgan fingerprint density at radius 1 is 0.862 bits per heavy atom. The summed E-state index contributed by atoms with van der Waals surface area (Å²) in [5.41, 5.74) is 2.46. The number of methoxy groups -OCH3 is 1. The lowest BCUT2D eigenvalue weighted by Crippen LogP contribution is -2.61. The first-order valence-electron chi connectivity index (χ1n) is 12.2. The normalized spacial score (nSPS) is 32.4. The molecule has 162 valence electrons. The second-order valence-electron chi connectivity index (χ2n) is 11.7. The van der Waals surface area contributed by atoms with E-state index in [4.69, 9.17) is 4.74 Å². The van der Waals surface area contributed by atoms with Gasteiger partial charge in [-0.25, -0.2) is 0 Å². The van der Waals surface area contributed by atoms with Gasteiger partial charge in [0.15, 0.2) is 8.24 Å². The first-order valence-corrected chi connectivity index (χ1v) is 15.2. The van der Waals surface area contributed by atoms with Gasteiger partial charge in [-0.05, 0) is 87.1 Å². The highest BCUT2D eigenvalue weighted by Gasteiger charge is 2.53. The van der Waals surface area contributed by atoms with Crippen molar-refractivity contribution in [2.75, 3.05) is 11.7 Å². The van der Waals surface area contributed by atoms with Crippen molar-refractivity contribution in [2.24, 2.45) is 23.7 Å². The molecule has 3 saturated carbocycles. The molecule has 5 atom stereocenters. The van der Waals surface area contributed by atoms with Crippen LogP contribution in [0.2, 0.25) is 18.6 Å². The second kappa shape index (κ2) is 7.94. The van der Waals surface area contributed by atoms with Gasteiger partial charge in [-0.15, -0.1) is 0 Å². The molecule has 0 heterocycles. The molecular formula is C26H43NOSi. The van der Waals surface area contributed by atoms with Gasteiger partial charge in [0, 0.05) is 11.2 Å². The van der Waals surface area contributed by atoms with E-state index >= 15 is 0 Å². The van der Waals surface area contributed by atoms with E-state index in [0.717, 1.165) is 35.0 Å². The first kappa shape index (κ1) is 21.3. The van der Waals surface area contributed by atoms with E-state index in [1.165, 1.54) is 50.6 Å². The Morgan fingerprint density at radius 2 is 1.48 bits per heavy atom. The lowest BCUT2D eigenvalue weighted by Gasteiger charge is -2.53. The Morgan fingerprint density at radius 3 is 2.07 bits per heavy atom. The molecule has 0 spiro atoms. The summed E-state index contributed by atoms with van der Waals surface area (Å²) < 4.78 is 8.29. The number of rotatable bonds is 4. The summed E-state index contributed by atoms with van der Waals surface area (Å²) in [7, 11) is 0.0836. The van der Waals surface area contributed by atoms with Gasteiger partial charge in [-0.3, -0.25) is 0 Å². The Bertz CT molecular complexity index is 692. The maximum absolute atomic E-state index is 5.43. The molecule has 3 fully saturated rings. The Hall–Kier alpha value is -0.963. The van der Waals surface area contributed by atoms with Crippen LogP contribution in [0.15, 0.2) is 24.3 Å². The minimum atomic E-state index is -1.68. The van der Waals surface area contributed by atoms with Crippen LogP contribution >= 0.6 is 0 Å². The molecule has 0 aromatic heterocycles.